The predicted molar refractivity (Wildman–Crippen MR) is 121 cm³/mol. The van der Waals surface area contributed by atoms with E-state index in [9.17, 15) is 14.7 Å². The van der Waals surface area contributed by atoms with Crippen LogP contribution in [0.25, 0.3) is 11.3 Å². The van der Waals surface area contributed by atoms with Gasteiger partial charge in [-0.1, -0.05) is 27.2 Å². The van der Waals surface area contributed by atoms with Gasteiger partial charge in [0.05, 0.1) is 25.5 Å². The second kappa shape index (κ2) is 9.27. The molecule has 31 heavy (non-hydrogen) atoms. The van der Waals surface area contributed by atoms with Crippen LogP contribution in [0.3, 0.4) is 0 Å². The molecule has 0 amide bonds. The third kappa shape index (κ3) is 4.54. The molecule has 0 radical (unpaired) electrons. The lowest BCUT2D eigenvalue weighted by Crippen LogP contribution is -2.36. The summed E-state index contributed by atoms with van der Waals surface area (Å²) < 4.78 is 13.0. The van der Waals surface area contributed by atoms with Crippen LogP contribution in [0.1, 0.15) is 68.1 Å². The number of fused-ring (bicyclic) bond motifs is 3. The van der Waals surface area contributed by atoms with Gasteiger partial charge in [-0.15, -0.1) is 0 Å². The molecule has 2 aromatic rings. The number of aryl methyl sites for hydroxylation is 1. The normalized spacial score (nSPS) is 15.2. The number of hydrogen-bond donors (Lipinski definition) is 1. The highest BCUT2D eigenvalue weighted by atomic mass is 16.5. The van der Waals surface area contributed by atoms with E-state index in [4.69, 9.17) is 9.47 Å². The zero-order valence-electron chi connectivity index (χ0n) is 19.2. The largest absolute Gasteiger partial charge is 0.493 e. The second-order valence-electron chi connectivity index (χ2n) is 8.91. The summed E-state index contributed by atoms with van der Waals surface area (Å²) in [5.74, 6) is 0.233. The SMILES string of the molecule is CCCCOc1cc2c(cc1C)-c1cc(=O)c(C(=O)OCC)cn1C(C(C)(C)CO)C2. The van der Waals surface area contributed by atoms with Crippen molar-refractivity contribution in [2.75, 3.05) is 19.8 Å². The van der Waals surface area contributed by atoms with Crippen LogP contribution in [0.5, 0.6) is 5.75 Å². The predicted octanol–water partition coefficient (Wildman–Crippen LogP) is 4.30. The highest BCUT2D eigenvalue weighted by Crippen LogP contribution is 2.44. The maximum atomic E-state index is 12.8. The van der Waals surface area contributed by atoms with Crippen LogP contribution in [-0.2, 0) is 11.2 Å². The highest BCUT2D eigenvalue weighted by Gasteiger charge is 2.36. The lowest BCUT2D eigenvalue weighted by Gasteiger charge is -2.40. The van der Waals surface area contributed by atoms with Gasteiger partial charge in [-0.25, -0.2) is 4.79 Å². The minimum Gasteiger partial charge on any atom is -0.493 e. The van der Waals surface area contributed by atoms with E-state index in [2.05, 4.69) is 13.0 Å². The standard InChI is InChI=1S/C25H33NO5/c1-6-8-9-31-22-11-17-12-23(25(4,5)15-27)26-14-19(24(29)30-7-2)21(28)13-20(26)18(17)10-16(22)3/h10-11,13-14,23,27H,6-9,12,15H2,1-5H3. The van der Waals surface area contributed by atoms with Crippen molar-refractivity contribution >= 4 is 5.97 Å². The maximum Gasteiger partial charge on any atom is 0.343 e. The summed E-state index contributed by atoms with van der Waals surface area (Å²) in [5, 5.41) is 10.1. The summed E-state index contributed by atoms with van der Waals surface area (Å²) in [5.41, 5.74) is 2.96. The number of aliphatic hydroxyl groups is 1. The minimum absolute atomic E-state index is 0.0176. The molecule has 1 aromatic carbocycles. The Hall–Kier alpha value is -2.60. The van der Waals surface area contributed by atoms with Gasteiger partial charge in [0.1, 0.15) is 11.3 Å². The van der Waals surface area contributed by atoms with E-state index in [1.54, 1.807) is 13.1 Å². The molecule has 1 aromatic heterocycles. The number of aromatic nitrogens is 1. The van der Waals surface area contributed by atoms with E-state index in [1.165, 1.54) is 6.07 Å². The van der Waals surface area contributed by atoms with Crippen molar-refractivity contribution in [3.05, 3.63) is 51.3 Å². The molecule has 0 spiro atoms. The highest BCUT2D eigenvalue weighted by molar-refractivity contribution is 5.89. The molecular formula is C25H33NO5. The molecular weight excluding hydrogens is 394 g/mol. The van der Waals surface area contributed by atoms with Crippen molar-refractivity contribution in [1.82, 2.24) is 4.57 Å². The molecule has 2 heterocycles. The van der Waals surface area contributed by atoms with Crippen LogP contribution in [0.15, 0.2) is 29.2 Å². The third-order valence-electron chi connectivity index (χ3n) is 6.07. The van der Waals surface area contributed by atoms with Gasteiger partial charge in [-0.3, -0.25) is 4.79 Å². The summed E-state index contributed by atoms with van der Waals surface area (Å²) in [4.78, 5) is 25.1. The zero-order chi connectivity index (χ0) is 22.8. The van der Waals surface area contributed by atoms with Crippen LogP contribution in [-0.4, -0.2) is 35.5 Å². The van der Waals surface area contributed by atoms with Crippen LogP contribution in [0, 0.1) is 12.3 Å². The Labute approximate surface area is 183 Å². The lowest BCUT2D eigenvalue weighted by molar-refractivity contribution is 0.0522. The Balaban J connectivity index is 2.17. The zero-order valence-corrected chi connectivity index (χ0v) is 19.2. The molecule has 6 heteroatoms. The van der Waals surface area contributed by atoms with Crippen LogP contribution < -0.4 is 10.2 Å². The molecule has 1 aliphatic rings. The molecule has 1 atom stereocenters. The number of pyridine rings is 1. The molecule has 1 unspecified atom stereocenters. The summed E-state index contributed by atoms with van der Waals surface area (Å²) >= 11 is 0. The van der Waals surface area contributed by atoms with Crippen molar-refractivity contribution in [3.8, 4) is 17.0 Å². The first-order valence-corrected chi connectivity index (χ1v) is 11.0. The molecule has 0 bridgehead atoms. The van der Waals surface area contributed by atoms with E-state index in [-0.39, 0.29) is 30.2 Å². The number of carbonyl (C=O) groups is 1. The fourth-order valence-corrected chi connectivity index (χ4v) is 4.07. The van der Waals surface area contributed by atoms with E-state index < -0.39 is 11.4 Å². The Bertz CT molecular complexity index is 1020. The number of esters is 1. The van der Waals surface area contributed by atoms with E-state index in [0.29, 0.717) is 13.0 Å². The second-order valence-corrected chi connectivity index (χ2v) is 8.91. The Morgan fingerprint density at radius 1 is 1.26 bits per heavy atom. The van der Waals surface area contributed by atoms with Crippen molar-refractivity contribution < 1.29 is 19.4 Å². The number of hydrogen-bond acceptors (Lipinski definition) is 5. The van der Waals surface area contributed by atoms with E-state index in [1.807, 2.05) is 31.4 Å². The fraction of sp³-hybridized carbons (Fsp3) is 0.520. The van der Waals surface area contributed by atoms with Crippen molar-refractivity contribution in [1.29, 1.82) is 0 Å². The minimum atomic E-state index is -0.620. The Morgan fingerprint density at radius 2 is 2.00 bits per heavy atom. The van der Waals surface area contributed by atoms with E-state index >= 15 is 0 Å². The average molecular weight is 428 g/mol. The van der Waals surface area contributed by atoms with Gasteiger partial charge in [0, 0.05) is 29.3 Å². The molecule has 1 aliphatic heterocycles. The molecule has 0 saturated carbocycles. The first kappa shape index (κ1) is 23.1. The first-order valence-electron chi connectivity index (χ1n) is 11.0. The lowest BCUT2D eigenvalue weighted by atomic mass is 9.77. The molecule has 0 aliphatic carbocycles. The summed E-state index contributed by atoms with van der Waals surface area (Å²) in [6.45, 7) is 10.7. The van der Waals surface area contributed by atoms with Gasteiger partial charge in [-0.05, 0) is 49.9 Å². The topological polar surface area (TPSA) is 77.8 Å². The average Bonchev–Trinajstić information content (AvgIpc) is 2.73. The number of rotatable bonds is 8. The maximum absolute atomic E-state index is 12.8. The molecule has 3 rings (SSSR count). The first-order chi connectivity index (χ1) is 14.7. The fourth-order valence-electron chi connectivity index (χ4n) is 4.07. The summed E-state index contributed by atoms with van der Waals surface area (Å²) in [6.07, 6.45) is 4.31. The summed E-state index contributed by atoms with van der Waals surface area (Å²) in [6, 6.07) is 5.49. The molecule has 168 valence electrons. The van der Waals surface area contributed by atoms with Gasteiger partial charge in [0.25, 0.3) is 0 Å². The number of benzene rings is 1. The Kier molecular flexibility index (Phi) is 6.90. The van der Waals surface area contributed by atoms with Gasteiger partial charge < -0.3 is 19.1 Å². The van der Waals surface area contributed by atoms with Crippen molar-refractivity contribution in [2.24, 2.45) is 5.41 Å². The van der Waals surface area contributed by atoms with Gasteiger partial charge in [0.2, 0.25) is 0 Å². The van der Waals surface area contributed by atoms with Gasteiger partial charge in [0.15, 0.2) is 5.43 Å². The number of aliphatic hydroxyl groups excluding tert-OH is 1. The van der Waals surface area contributed by atoms with Crippen LogP contribution in [0.2, 0.25) is 0 Å². The molecule has 0 saturated heterocycles. The molecule has 0 fully saturated rings. The quantitative estimate of drug-likeness (QED) is 0.502. The van der Waals surface area contributed by atoms with Crippen molar-refractivity contribution in [3.63, 3.8) is 0 Å². The van der Waals surface area contributed by atoms with Crippen LogP contribution >= 0.6 is 0 Å². The number of unbranched alkanes of at least 4 members (excludes halogenated alkanes) is 1. The number of carbonyl (C=O) groups excluding carboxylic acids is 1. The monoisotopic (exact) mass is 427 g/mol. The number of nitrogens with zero attached hydrogens (tertiary/aromatic N) is 1. The van der Waals surface area contributed by atoms with Crippen molar-refractivity contribution in [2.45, 2.75) is 59.9 Å². The number of ether oxygens (including phenoxy) is 2. The Morgan fingerprint density at radius 3 is 2.65 bits per heavy atom. The van der Waals surface area contributed by atoms with Crippen LogP contribution in [0.4, 0.5) is 0 Å². The van der Waals surface area contributed by atoms with E-state index in [0.717, 1.165) is 41.0 Å². The smallest absolute Gasteiger partial charge is 0.343 e. The summed E-state index contributed by atoms with van der Waals surface area (Å²) in [7, 11) is 0. The molecule has 6 nitrogen and oxygen atoms in total. The van der Waals surface area contributed by atoms with Gasteiger partial charge >= 0.3 is 5.97 Å². The third-order valence-corrected chi connectivity index (χ3v) is 6.07. The molecule has 1 N–H and O–H groups in total. The van der Waals surface area contributed by atoms with Gasteiger partial charge in [-0.2, -0.15) is 0 Å².